The third-order valence-electron chi connectivity index (χ3n) is 6.14. The first kappa shape index (κ1) is 25.3. The first-order valence-electron chi connectivity index (χ1n) is 11.8. The van der Waals surface area contributed by atoms with Gasteiger partial charge in [0.1, 0.15) is 35.6 Å². The number of hydrogen-bond donors (Lipinski definition) is 1. The minimum Gasteiger partial charge on any atom is -0.507 e. The molecule has 38 heavy (non-hydrogen) atoms. The maximum atomic E-state index is 13.5. The van der Waals surface area contributed by atoms with E-state index in [1.807, 2.05) is 6.92 Å². The maximum Gasteiger partial charge on any atom is 0.350 e. The van der Waals surface area contributed by atoms with Crippen molar-refractivity contribution in [3.05, 3.63) is 69.7 Å². The van der Waals surface area contributed by atoms with Crippen LogP contribution in [0.4, 0.5) is 5.13 Å². The van der Waals surface area contributed by atoms with Gasteiger partial charge in [0.25, 0.3) is 5.78 Å². The molecule has 0 bridgehead atoms. The van der Waals surface area contributed by atoms with Gasteiger partial charge in [0.05, 0.1) is 25.0 Å². The van der Waals surface area contributed by atoms with E-state index in [9.17, 15) is 19.5 Å². The molecule has 1 unspecified atom stereocenters. The molecule has 1 amide bonds. The van der Waals surface area contributed by atoms with E-state index >= 15 is 0 Å². The molecule has 1 aromatic heterocycles. The predicted octanol–water partition coefficient (Wildman–Crippen LogP) is 4.03. The van der Waals surface area contributed by atoms with Gasteiger partial charge in [-0.1, -0.05) is 29.5 Å². The molecule has 1 saturated heterocycles. The van der Waals surface area contributed by atoms with Gasteiger partial charge in [-0.3, -0.25) is 14.5 Å². The molecule has 1 fully saturated rings. The third-order valence-corrected chi connectivity index (χ3v) is 7.27. The second kappa shape index (κ2) is 10.2. The number of Topliss-reactive ketones (excluding diaryl/α,β-unsaturated/α-hetero) is 1. The van der Waals surface area contributed by atoms with Crippen molar-refractivity contribution in [2.75, 3.05) is 31.8 Å². The van der Waals surface area contributed by atoms with Crippen LogP contribution in [0.5, 0.6) is 17.2 Å². The van der Waals surface area contributed by atoms with Crippen molar-refractivity contribution in [1.29, 1.82) is 0 Å². The summed E-state index contributed by atoms with van der Waals surface area (Å²) in [5, 5.41) is 11.6. The number of benzene rings is 2. The number of aryl methyl sites for hydroxylation is 1. The standard InChI is InChI=1S/C27H24N2O8S/c1-4-35-17-8-6-5-7-16(17)21-20(22(30)15-9-10-18-19(13-15)37-12-11-36-18)23(31)25(32)29(21)27-28-14(2)24(38-27)26(33)34-3/h5-10,13,21,30H,4,11-12H2,1-3H3. The molecule has 0 radical (unpaired) electrons. The summed E-state index contributed by atoms with van der Waals surface area (Å²) < 4.78 is 21.8. The highest BCUT2D eigenvalue weighted by atomic mass is 32.1. The number of nitrogens with zero attached hydrogens (tertiary/aromatic N) is 2. The van der Waals surface area contributed by atoms with Crippen LogP contribution >= 0.6 is 11.3 Å². The molecule has 1 N–H and O–H groups in total. The van der Waals surface area contributed by atoms with E-state index in [1.54, 1.807) is 49.4 Å². The largest absolute Gasteiger partial charge is 0.507 e. The molecule has 10 nitrogen and oxygen atoms in total. The average Bonchev–Trinajstić information content (AvgIpc) is 3.44. The number of methoxy groups -OCH3 is 1. The number of carbonyl (C=O) groups excluding carboxylic acids is 3. The number of para-hydroxylation sites is 1. The highest BCUT2D eigenvalue weighted by molar-refractivity contribution is 7.17. The highest BCUT2D eigenvalue weighted by Crippen LogP contribution is 2.46. The molecule has 0 saturated carbocycles. The van der Waals surface area contributed by atoms with Gasteiger partial charge < -0.3 is 24.1 Å². The van der Waals surface area contributed by atoms with Crippen LogP contribution in [0.1, 0.15) is 39.5 Å². The van der Waals surface area contributed by atoms with Gasteiger partial charge in [-0.05, 0) is 38.1 Å². The molecule has 2 aliphatic heterocycles. The quantitative estimate of drug-likeness (QED) is 0.215. The Kier molecular flexibility index (Phi) is 6.77. The summed E-state index contributed by atoms with van der Waals surface area (Å²) >= 11 is 0.927. The molecule has 0 aliphatic carbocycles. The maximum absolute atomic E-state index is 13.5. The highest BCUT2D eigenvalue weighted by Gasteiger charge is 2.49. The molecule has 0 spiro atoms. The Bertz CT molecular complexity index is 1480. The van der Waals surface area contributed by atoms with Crippen molar-refractivity contribution >= 4 is 39.9 Å². The normalized spacial score (nSPS) is 18.0. The number of esters is 1. The molecule has 2 aromatic carbocycles. The number of ether oxygens (including phenoxy) is 4. The Morgan fingerprint density at radius 1 is 1.16 bits per heavy atom. The number of aliphatic hydroxyl groups excluding tert-OH is 1. The summed E-state index contributed by atoms with van der Waals surface area (Å²) in [5.41, 5.74) is 0.950. The number of fused-ring (bicyclic) bond motifs is 1. The van der Waals surface area contributed by atoms with Gasteiger partial charge >= 0.3 is 11.9 Å². The van der Waals surface area contributed by atoms with E-state index < -0.39 is 23.7 Å². The number of thiazole rings is 1. The van der Waals surface area contributed by atoms with Gasteiger partial charge in [0.2, 0.25) is 0 Å². The SMILES string of the molecule is CCOc1ccccc1C1C(=C(O)c2ccc3c(c2)OCCO3)C(=O)C(=O)N1c1nc(C)c(C(=O)OC)s1. The van der Waals surface area contributed by atoms with Crippen LogP contribution in [-0.4, -0.2) is 54.7 Å². The summed E-state index contributed by atoms with van der Waals surface area (Å²) in [6.07, 6.45) is 0. The topological polar surface area (TPSA) is 124 Å². The van der Waals surface area contributed by atoms with Gasteiger partial charge in [-0.15, -0.1) is 0 Å². The summed E-state index contributed by atoms with van der Waals surface area (Å²) in [5.74, 6) is -1.43. The number of aromatic nitrogens is 1. The zero-order valence-electron chi connectivity index (χ0n) is 20.8. The Labute approximate surface area is 222 Å². The number of carbonyl (C=O) groups is 3. The van der Waals surface area contributed by atoms with Crippen molar-refractivity contribution < 1.29 is 38.4 Å². The van der Waals surface area contributed by atoms with Gasteiger partial charge in [-0.25, -0.2) is 9.78 Å². The zero-order chi connectivity index (χ0) is 27.0. The summed E-state index contributed by atoms with van der Waals surface area (Å²) in [4.78, 5) is 45.1. The number of anilines is 1. The number of aliphatic hydroxyl groups is 1. The minimum absolute atomic E-state index is 0.113. The summed E-state index contributed by atoms with van der Waals surface area (Å²) in [6, 6.07) is 10.6. The second-order valence-electron chi connectivity index (χ2n) is 8.40. The molecule has 11 heteroatoms. The lowest BCUT2D eigenvalue weighted by molar-refractivity contribution is -0.132. The smallest absolute Gasteiger partial charge is 0.350 e. The lowest BCUT2D eigenvalue weighted by Crippen LogP contribution is -2.29. The van der Waals surface area contributed by atoms with Gasteiger partial charge in [0.15, 0.2) is 16.6 Å². The second-order valence-corrected chi connectivity index (χ2v) is 9.38. The molecule has 3 heterocycles. The fourth-order valence-electron chi connectivity index (χ4n) is 4.43. The number of hydrogen-bond acceptors (Lipinski definition) is 10. The van der Waals surface area contributed by atoms with Crippen LogP contribution in [-0.2, 0) is 14.3 Å². The van der Waals surface area contributed by atoms with Crippen molar-refractivity contribution in [1.82, 2.24) is 4.98 Å². The van der Waals surface area contributed by atoms with E-state index in [0.717, 1.165) is 11.3 Å². The molecule has 2 aliphatic rings. The Morgan fingerprint density at radius 3 is 2.63 bits per heavy atom. The molecule has 5 rings (SSSR count). The van der Waals surface area contributed by atoms with E-state index in [4.69, 9.17) is 18.9 Å². The van der Waals surface area contributed by atoms with E-state index in [-0.39, 0.29) is 26.9 Å². The van der Waals surface area contributed by atoms with Gasteiger partial charge in [-0.2, -0.15) is 0 Å². The fraction of sp³-hybridized carbons (Fsp3) is 0.259. The Hall–Kier alpha value is -4.38. The first-order valence-corrected chi connectivity index (χ1v) is 12.7. The van der Waals surface area contributed by atoms with E-state index in [2.05, 4.69) is 4.98 Å². The fourth-order valence-corrected chi connectivity index (χ4v) is 5.44. The van der Waals surface area contributed by atoms with Crippen LogP contribution < -0.4 is 19.1 Å². The third kappa shape index (κ3) is 4.24. The van der Waals surface area contributed by atoms with E-state index in [0.29, 0.717) is 48.3 Å². The predicted molar refractivity (Wildman–Crippen MR) is 138 cm³/mol. The van der Waals surface area contributed by atoms with E-state index in [1.165, 1.54) is 12.0 Å². The Morgan fingerprint density at radius 2 is 1.89 bits per heavy atom. The molecule has 1 atom stereocenters. The minimum atomic E-state index is -1.08. The van der Waals surface area contributed by atoms with Crippen LogP contribution in [0.3, 0.4) is 0 Å². The monoisotopic (exact) mass is 536 g/mol. The average molecular weight is 537 g/mol. The van der Waals surface area contributed by atoms with Crippen LogP contribution in [0.2, 0.25) is 0 Å². The number of rotatable bonds is 6. The molecule has 196 valence electrons. The molecular formula is C27H24N2O8S. The Balaban J connectivity index is 1.72. The zero-order valence-corrected chi connectivity index (χ0v) is 21.7. The lowest BCUT2D eigenvalue weighted by Gasteiger charge is -2.25. The number of ketones is 1. The van der Waals surface area contributed by atoms with Crippen molar-refractivity contribution in [3.63, 3.8) is 0 Å². The molecular weight excluding hydrogens is 512 g/mol. The van der Waals surface area contributed by atoms with Crippen LogP contribution in [0.25, 0.3) is 5.76 Å². The summed E-state index contributed by atoms with van der Waals surface area (Å²) in [6.45, 7) is 4.51. The summed E-state index contributed by atoms with van der Waals surface area (Å²) in [7, 11) is 1.25. The van der Waals surface area contributed by atoms with Crippen LogP contribution in [0.15, 0.2) is 48.0 Å². The lowest BCUT2D eigenvalue weighted by atomic mass is 9.94. The molecule has 3 aromatic rings. The first-order chi connectivity index (χ1) is 18.3. The van der Waals surface area contributed by atoms with Crippen molar-refractivity contribution in [2.24, 2.45) is 0 Å². The van der Waals surface area contributed by atoms with Crippen molar-refractivity contribution in [2.45, 2.75) is 19.9 Å². The van der Waals surface area contributed by atoms with Gasteiger partial charge in [0, 0.05) is 11.1 Å². The van der Waals surface area contributed by atoms with Crippen LogP contribution in [0, 0.1) is 6.92 Å². The van der Waals surface area contributed by atoms with Crippen molar-refractivity contribution in [3.8, 4) is 17.2 Å². The number of amides is 1.